The van der Waals surface area contributed by atoms with E-state index in [-0.39, 0.29) is 5.91 Å². The molecule has 3 aromatic rings. The van der Waals surface area contributed by atoms with E-state index >= 15 is 0 Å². The number of anilines is 3. The molecule has 0 bridgehead atoms. The van der Waals surface area contributed by atoms with Gasteiger partial charge >= 0.3 is 0 Å². The molecular formula is C22H24N6O2. The van der Waals surface area contributed by atoms with E-state index in [2.05, 4.69) is 30.9 Å². The summed E-state index contributed by atoms with van der Waals surface area (Å²) < 4.78 is 5.44. The van der Waals surface area contributed by atoms with Gasteiger partial charge in [0.1, 0.15) is 29.5 Å². The van der Waals surface area contributed by atoms with Crippen LogP contribution in [-0.2, 0) is 10.2 Å². The van der Waals surface area contributed by atoms with Crippen LogP contribution in [0.15, 0.2) is 61.1 Å². The Labute approximate surface area is 175 Å². The molecular weight excluding hydrogens is 380 g/mol. The molecule has 0 radical (unpaired) electrons. The summed E-state index contributed by atoms with van der Waals surface area (Å²) in [7, 11) is 1.63. The van der Waals surface area contributed by atoms with Crippen LogP contribution in [-0.4, -0.2) is 41.1 Å². The number of amides is 1. The van der Waals surface area contributed by atoms with E-state index in [1.807, 2.05) is 42.5 Å². The van der Waals surface area contributed by atoms with Crippen molar-refractivity contribution in [2.45, 2.75) is 18.3 Å². The highest BCUT2D eigenvalue weighted by Crippen LogP contribution is 2.51. The maximum absolute atomic E-state index is 12.8. The molecule has 8 heteroatoms. The predicted molar refractivity (Wildman–Crippen MR) is 115 cm³/mol. The molecule has 1 aliphatic carbocycles. The Kier molecular flexibility index (Phi) is 5.74. The fraction of sp³-hybridized carbons (Fsp3) is 0.273. The first-order valence-corrected chi connectivity index (χ1v) is 9.87. The molecule has 30 heavy (non-hydrogen) atoms. The zero-order chi connectivity index (χ0) is 20.8. The van der Waals surface area contributed by atoms with Crippen LogP contribution in [0.2, 0.25) is 0 Å². The normalized spacial score (nSPS) is 13.9. The Morgan fingerprint density at radius 1 is 1.00 bits per heavy atom. The molecule has 3 N–H and O–H groups in total. The third-order valence-corrected chi connectivity index (χ3v) is 5.11. The van der Waals surface area contributed by atoms with Gasteiger partial charge < -0.3 is 20.7 Å². The molecule has 1 saturated carbocycles. The average molecular weight is 404 g/mol. The molecule has 4 rings (SSSR count). The van der Waals surface area contributed by atoms with Crippen molar-refractivity contribution in [1.29, 1.82) is 0 Å². The third kappa shape index (κ3) is 4.32. The monoisotopic (exact) mass is 404 g/mol. The Bertz CT molecular complexity index is 1010. The minimum atomic E-state index is -0.471. The van der Waals surface area contributed by atoms with Crippen molar-refractivity contribution < 1.29 is 9.53 Å². The van der Waals surface area contributed by atoms with Gasteiger partial charge in [-0.1, -0.05) is 24.3 Å². The van der Waals surface area contributed by atoms with Crippen LogP contribution < -0.4 is 20.7 Å². The minimum absolute atomic E-state index is 0.0361. The van der Waals surface area contributed by atoms with Crippen molar-refractivity contribution in [3.05, 3.63) is 66.6 Å². The van der Waals surface area contributed by atoms with Crippen LogP contribution in [0.4, 0.5) is 17.5 Å². The first-order chi connectivity index (χ1) is 14.7. The number of benzene rings is 1. The number of hydrogen-bond acceptors (Lipinski definition) is 7. The first-order valence-electron chi connectivity index (χ1n) is 9.87. The molecule has 0 aliphatic heterocycles. The Morgan fingerprint density at radius 3 is 2.57 bits per heavy atom. The van der Waals surface area contributed by atoms with E-state index in [0.717, 1.165) is 24.2 Å². The number of nitrogens with one attached hydrogen (secondary N) is 3. The predicted octanol–water partition coefficient (Wildman–Crippen LogP) is 2.88. The van der Waals surface area contributed by atoms with Gasteiger partial charge in [-0.15, -0.1) is 0 Å². The van der Waals surface area contributed by atoms with E-state index < -0.39 is 5.41 Å². The van der Waals surface area contributed by atoms with Crippen molar-refractivity contribution >= 4 is 23.4 Å². The summed E-state index contributed by atoms with van der Waals surface area (Å²) in [6.07, 6.45) is 4.86. The summed E-state index contributed by atoms with van der Waals surface area (Å²) in [4.78, 5) is 25.5. The van der Waals surface area contributed by atoms with Gasteiger partial charge in [0.2, 0.25) is 5.91 Å². The lowest BCUT2D eigenvalue weighted by Gasteiger charge is -2.18. The second kappa shape index (κ2) is 8.77. The van der Waals surface area contributed by atoms with E-state index in [4.69, 9.17) is 4.74 Å². The summed E-state index contributed by atoms with van der Waals surface area (Å²) in [6, 6.07) is 15.1. The van der Waals surface area contributed by atoms with E-state index in [9.17, 15) is 4.79 Å². The molecule has 1 fully saturated rings. The molecule has 0 spiro atoms. The maximum atomic E-state index is 12.8. The first kappa shape index (κ1) is 19.6. The fourth-order valence-electron chi connectivity index (χ4n) is 3.41. The number of carbonyl (C=O) groups is 1. The molecule has 8 nitrogen and oxygen atoms in total. The van der Waals surface area contributed by atoms with Crippen LogP contribution in [0.1, 0.15) is 18.4 Å². The maximum Gasteiger partial charge on any atom is 0.230 e. The lowest BCUT2D eigenvalue weighted by molar-refractivity contribution is -0.123. The average Bonchev–Trinajstić information content (AvgIpc) is 3.60. The summed E-state index contributed by atoms with van der Waals surface area (Å²) in [5.41, 5.74) is 0.486. The topological polar surface area (TPSA) is 101 Å². The van der Waals surface area contributed by atoms with Crippen LogP contribution in [0, 0.1) is 0 Å². The molecule has 2 heterocycles. The number of hydrogen-bond donors (Lipinski definition) is 3. The van der Waals surface area contributed by atoms with Gasteiger partial charge in [-0.3, -0.25) is 4.79 Å². The van der Waals surface area contributed by atoms with Crippen LogP contribution in [0.3, 0.4) is 0 Å². The van der Waals surface area contributed by atoms with Crippen LogP contribution >= 0.6 is 0 Å². The molecule has 0 atom stereocenters. The van der Waals surface area contributed by atoms with Crippen LogP contribution in [0.25, 0.3) is 0 Å². The van der Waals surface area contributed by atoms with E-state index in [0.29, 0.717) is 30.5 Å². The number of nitrogens with zero attached hydrogens (tertiary/aromatic N) is 3. The minimum Gasteiger partial charge on any atom is -0.496 e. The second-order valence-electron chi connectivity index (χ2n) is 7.09. The number of carbonyl (C=O) groups excluding carboxylic acids is 1. The Hall–Kier alpha value is -3.68. The van der Waals surface area contributed by atoms with Gasteiger partial charge in [0.05, 0.1) is 12.5 Å². The lowest BCUT2D eigenvalue weighted by atomic mass is 9.94. The standard InChI is InChI=1S/C22H24N6O2/c1-30-17-7-3-2-6-16(17)22(9-10-22)21(29)25-13-12-24-19-14-20(27-15-26-19)28-18-8-4-5-11-23-18/h2-8,11,14-15H,9-10,12-13H2,1H3,(H,25,29)(H2,23,24,26,27,28). The Balaban J connectivity index is 1.29. The molecule has 1 aliphatic rings. The van der Waals surface area contributed by atoms with Crippen molar-refractivity contribution in [2.75, 3.05) is 30.8 Å². The van der Waals surface area contributed by atoms with Gasteiger partial charge in [-0.2, -0.15) is 0 Å². The smallest absolute Gasteiger partial charge is 0.230 e. The number of para-hydroxylation sites is 1. The van der Waals surface area contributed by atoms with Crippen molar-refractivity contribution in [2.24, 2.45) is 0 Å². The summed E-state index contributed by atoms with van der Waals surface area (Å²) in [5.74, 6) is 2.82. The van der Waals surface area contributed by atoms with Crippen LogP contribution in [0.5, 0.6) is 5.75 Å². The van der Waals surface area contributed by atoms with E-state index in [1.54, 1.807) is 19.4 Å². The number of ether oxygens (including phenoxy) is 1. The van der Waals surface area contributed by atoms with E-state index in [1.165, 1.54) is 6.33 Å². The zero-order valence-electron chi connectivity index (χ0n) is 16.8. The molecule has 1 amide bonds. The highest BCUT2D eigenvalue weighted by Gasteiger charge is 2.52. The van der Waals surface area contributed by atoms with Crippen molar-refractivity contribution in [3.63, 3.8) is 0 Å². The molecule has 2 aromatic heterocycles. The largest absolute Gasteiger partial charge is 0.496 e. The summed E-state index contributed by atoms with van der Waals surface area (Å²) in [5, 5.41) is 9.37. The van der Waals surface area contributed by atoms with Gasteiger partial charge in [0, 0.05) is 30.9 Å². The molecule has 0 saturated heterocycles. The number of rotatable bonds is 9. The second-order valence-corrected chi connectivity index (χ2v) is 7.09. The molecule has 154 valence electrons. The third-order valence-electron chi connectivity index (χ3n) is 5.11. The van der Waals surface area contributed by atoms with Gasteiger partial charge in [-0.05, 0) is 31.0 Å². The van der Waals surface area contributed by atoms with Gasteiger partial charge in [-0.25, -0.2) is 15.0 Å². The highest BCUT2D eigenvalue weighted by atomic mass is 16.5. The molecule has 1 aromatic carbocycles. The van der Waals surface area contributed by atoms with Crippen molar-refractivity contribution in [3.8, 4) is 5.75 Å². The van der Waals surface area contributed by atoms with Gasteiger partial charge in [0.25, 0.3) is 0 Å². The quantitative estimate of drug-likeness (QED) is 0.472. The zero-order valence-corrected chi connectivity index (χ0v) is 16.8. The fourth-order valence-corrected chi connectivity index (χ4v) is 3.41. The van der Waals surface area contributed by atoms with Crippen molar-refractivity contribution in [1.82, 2.24) is 20.3 Å². The molecule has 0 unspecified atom stereocenters. The highest BCUT2D eigenvalue weighted by molar-refractivity contribution is 5.92. The van der Waals surface area contributed by atoms with Gasteiger partial charge in [0.15, 0.2) is 0 Å². The lowest BCUT2D eigenvalue weighted by Crippen LogP contribution is -2.37. The number of pyridine rings is 1. The summed E-state index contributed by atoms with van der Waals surface area (Å²) >= 11 is 0. The SMILES string of the molecule is COc1ccccc1C1(C(=O)NCCNc2cc(Nc3ccccn3)ncn2)CC1. The number of methoxy groups -OCH3 is 1. The number of aromatic nitrogens is 3. The Morgan fingerprint density at radius 2 is 1.80 bits per heavy atom. The summed E-state index contributed by atoms with van der Waals surface area (Å²) in [6.45, 7) is 1.04.